The fourth-order valence-electron chi connectivity index (χ4n) is 4.17. The summed E-state index contributed by atoms with van der Waals surface area (Å²) in [5.74, 6) is -2.02. The highest BCUT2D eigenvalue weighted by molar-refractivity contribution is 9.10. The van der Waals surface area contributed by atoms with Crippen LogP contribution in [0.3, 0.4) is 0 Å². The summed E-state index contributed by atoms with van der Waals surface area (Å²) in [6.45, 7) is 8.61. The zero-order chi connectivity index (χ0) is 24.2. The van der Waals surface area contributed by atoms with Crippen LogP contribution in [0, 0.1) is 11.8 Å². The van der Waals surface area contributed by atoms with Crippen LogP contribution < -0.4 is 4.80 Å². The number of benzene rings is 1. The maximum Gasteiger partial charge on any atom is 0.263 e. The van der Waals surface area contributed by atoms with Gasteiger partial charge in [-0.1, -0.05) is 41.1 Å². The first-order valence-electron chi connectivity index (χ1n) is 11.0. The van der Waals surface area contributed by atoms with Gasteiger partial charge in [-0.25, -0.2) is 8.42 Å². The normalized spacial score (nSPS) is 19.9. The molecule has 8 nitrogen and oxygen atoms in total. The van der Waals surface area contributed by atoms with Gasteiger partial charge in [0.1, 0.15) is 11.5 Å². The zero-order valence-corrected chi connectivity index (χ0v) is 22.3. The highest BCUT2D eigenvalue weighted by Gasteiger charge is 2.29. The molecule has 0 radical (unpaired) electrons. The Bertz CT molecular complexity index is 1180. The van der Waals surface area contributed by atoms with Gasteiger partial charge in [0.2, 0.25) is 5.91 Å². The van der Waals surface area contributed by atoms with Gasteiger partial charge in [-0.15, -0.1) is 0 Å². The van der Waals surface area contributed by atoms with Gasteiger partial charge in [-0.05, 0) is 43.4 Å². The lowest BCUT2D eigenvalue weighted by molar-refractivity contribution is -0.131. The lowest BCUT2D eigenvalue weighted by Gasteiger charge is -2.34. The topological polar surface area (TPSA) is 98.0 Å². The predicted molar refractivity (Wildman–Crippen MR) is 133 cm³/mol. The summed E-state index contributed by atoms with van der Waals surface area (Å²) < 4.78 is 34.3. The van der Waals surface area contributed by atoms with Crippen LogP contribution in [-0.2, 0) is 30.7 Å². The van der Waals surface area contributed by atoms with Gasteiger partial charge < -0.3 is 14.2 Å². The monoisotopic (exact) mass is 559 g/mol. The lowest BCUT2D eigenvalue weighted by atomic mass is 9.92. The molecule has 2 amide bonds. The standard InChI is InChI=1S/C22H30BrN3O5S2/c1-4-31-8-7-26-18-6-5-17(23)10-19(18)32-22(26)24-20(27)13-33(29,30)14-21(28)25-11-15(2)9-16(3)12-25/h5-6,10,15-16H,4,7-9,11-14H2,1-3H3. The Hall–Kier alpha value is -1.56. The van der Waals surface area contributed by atoms with Gasteiger partial charge in [-0.3, -0.25) is 9.59 Å². The summed E-state index contributed by atoms with van der Waals surface area (Å²) in [5, 5.41) is 0. The van der Waals surface area contributed by atoms with Crippen molar-refractivity contribution in [1.29, 1.82) is 0 Å². The van der Waals surface area contributed by atoms with Crippen LogP contribution in [0.2, 0.25) is 0 Å². The summed E-state index contributed by atoms with van der Waals surface area (Å²) in [4.78, 5) is 31.3. The van der Waals surface area contributed by atoms with Crippen molar-refractivity contribution in [2.75, 3.05) is 37.8 Å². The average molecular weight is 561 g/mol. The molecule has 1 aromatic carbocycles. The van der Waals surface area contributed by atoms with Crippen molar-refractivity contribution in [2.45, 2.75) is 33.7 Å². The summed E-state index contributed by atoms with van der Waals surface area (Å²) in [6, 6.07) is 5.74. The maximum absolute atomic E-state index is 12.6. The molecule has 1 aliphatic heterocycles. The molecule has 2 heterocycles. The van der Waals surface area contributed by atoms with E-state index in [1.165, 1.54) is 11.3 Å². The Morgan fingerprint density at radius 3 is 2.58 bits per heavy atom. The second-order valence-electron chi connectivity index (χ2n) is 8.63. The Balaban J connectivity index is 1.77. The van der Waals surface area contributed by atoms with E-state index in [0.29, 0.717) is 49.5 Å². The number of nitrogens with zero attached hydrogens (tertiary/aromatic N) is 3. The van der Waals surface area contributed by atoms with Crippen molar-refractivity contribution >= 4 is 59.1 Å². The molecule has 0 saturated carbocycles. The number of carbonyl (C=O) groups excluding carboxylic acids is 2. The van der Waals surface area contributed by atoms with Crippen molar-refractivity contribution in [2.24, 2.45) is 16.8 Å². The van der Waals surface area contributed by atoms with Gasteiger partial charge in [0.05, 0.1) is 16.8 Å². The Labute approximate surface area is 206 Å². The number of piperidine rings is 1. The number of sulfone groups is 1. The molecule has 0 bridgehead atoms. The third-order valence-electron chi connectivity index (χ3n) is 5.44. The van der Waals surface area contributed by atoms with Crippen LogP contribution in [0.15, 0.2) is 27.7 Å². The number of carbonyl (C=O) groups is 2. The average Bonchev–Trinajstić information content (AvgIpc) is 3.02. The quantitative estimate of drug-likeness (QED) is 0.463. The number of thiazole rings is 1. The second kappa shape index (κ2) is 11.2. The fraction of sp³-hybridized carbons (Fsp3) is 0.591. The summed E-state index contributed by atoms with van der Waals surface area (Å²) in [5.41, 5.74) is 0.890. The number of amides is 2. The number of ether oxygens (including phenoxy) is 1. The van der Waals surface area contributed by atoms with E-state index in [4.69, 9.17) is 4.74 Å². The van der Waals surface area contributed by atoms with Crippen molar-refractivity contribution in [3.63, 3.8) is 0 Å². The minimum atomic E-state index is -3.93. The molecule has 182 valence electrons. The van der Waals surface area contributed by atoms with E-state index in [2.05, 4.69) is 34.8 Å². The molecule has 2 atom stereocenters. The molecule has 0 spiro atoms. The molecular formula is C22H30BrN3O5S2. The molecule has 1 fully saturated rings. The van der Waals surface area contributed by atoms with Gasteiger partial charge in [-0.2, -0.15) is 4.99 Å². The van der Waals surface area contributed by atoms with Crippen LogP contribution >= 0.6 is 27.3 Å². The molecule has 2 aromatic rings. The summed E-state index contributed by atoms with van der Waals surface area (Å²) in [6.07, 6.45) is 1.02. The molecule has 0 N–H and O–H groups in total. The number of likely N-dealkylation sites (tertiary alicyclic amines) is 1. The second-order valence-corrected chi connectivity index (χ2v) is 12.6. The van der Waals surface area contributed by atoms with Crippen LogP contribution in [0.1, 0.15) is 27.2 Å². The maximum atomic E-state index is 12.6. The minimum Gasteiger partial charge on any atom is -0.380 e. The number of hydrogen-bond donors (Lipinski definition) is 0. The lowest BCUT2D eigenvalue weighted by Crippen LogP contribution is -2.45. The molecule has 1 aliphatic rings. The highest BCUT2D eigenvalue weighted by Crippen LogP contribution is 2.23. The van der Waals surface area contributed by atoms with E-state index in [-0.39, 0.29) is 0 Å². The molecule has 11 heteroatoms. The minimum absolute atomic E-state index is 0.331. The van der Waals surface area contributed by atoms with E-state index >= 15 is 0 Å². The number of aromatic nitrogens is 1. The summed E-state index contributed by atoms with van der Waals surface area (Å²) in [7, 11) is -3.93. The SMILES string of the molecule is CCOCCn1c(=NC(=O)CS(=O)(=O)CC(=O)N2CC(C)CC(C)C2)sc2cc(Br)ccc21. The number of rotatable bonds is 8. The van der Waals surface area contributed by atoms with Gasteiger partial charge in [0, 0.05) is 30.7 Å². The van der Waals surface area contributed by atoms with E-state index in [1.54, 1.807) is 4.90 Å². The Morgan fingerprint density at radius 2 is 1.91 bits per heavy atom. The van der Waals surface area contributed by atoms with E-state index in [1.807, 2.05) is 29.7 Å². The first-order chi connectivity index (χ1) is 15.6. The zero-order valence-electron chi connectivity index (χ0n) is 19.1. The third kappa shape index (κ3) is 7.21. The molecule has 0 aliphatic carbocycles. The van der Waals surface area contributed by atoms with E-state index in [9.17, 15) is 18.0 Å². The fourth-order valence-corrected chi connectivity index (χ4v) is 6.90. The highest BCUT2D eigenvalue weighted by atomic mass is 79.9. The van der Waals surface area contributed by atoms with Crippen molar-refractivity contribution in [3.05, 3.63) is 27.5 Å². The van der Waals surface area contributed by atoms with Crippen LogP contribution in [-0.4, -0.2) is 67.5 Å². The molecular weight excluding hydrogens is 530 g/mol. The van der Waals surface area contributed by atoms with E-state index < -0.39 is 33.2 Å². The Kier molecular flexibility index (Phi) is 8.88. The van der Waals surface area contributed by atoms with Crippen LogP contribution in [0.4, 0.5) is 0 Å². The molecule has 1 saturated heterocycles. The number of halogens is 1. The number of fused-ring (bicyclic) bond motifs is 1. The van der Waals surface area contributed by atoms with Crippen LogP contribution in [0.25, 0.3) is 10.2 Å². The third-order valence-corrected chi connectivity index (χ3v) is 8.34. The number of hydrogen-bond acceptors (Lipinski definition) is 6. The van der Waals surface area contributed by atoms with Crippen molar-refractivity contribution in [1.82, 2.24) is 9.47 Å². The molecule has 2 unspecified atom stereocenters. The van der Waals surface area contributed by atoms with Gasteiger partial charge in [0.15, 0.2) is 14.6 Å². The largest absolute Gasteiger partial charge is 0.380 e. The molecule has 1 aromatic heterocycles. The van der Waals surface area contributed by atoms with E-state index in [0.717, 1.165) is 21.1 Å². The Morgan fingerprint density at radius 1 is 1.21 bits per heavy atom. The predicted octanol–water partition coefficient (Wildman–Crippen LogP) is 2.85. The molecule has 3 rings (SSSR count). The van der Waals surface area contributed by atoms with Gasteiger partial charge >= 0.3 is 0 Å². The van der Waals surface area contributed by atoms with Crippen molar-refractivity contribution in [3.8, 4) is 0 Å². The molecule has 33 heavy (non-hydrogen) atoms. The summed E-state index contributed by atoms with van der Waals surface area (Å²) >= 11 is 4.75. The van der Waals surface area contributed by atoms with Crippen LogP contribution in [0.5, 0.6) is 0 Å². The smallest absolute Gasteiger partial charge is 0.263 e. The first kappa shape index (κ1) is 26.1. The van der Waals surface area contributed by atoms with Crippen molar-refractivity contribution < 1.29 is 22.7 Å². The van der Waals surface area contributed by atoms with Gasteiger partial charge in [0.25, 0.3) is 5.91 Å². The first-order valence-corrected chi connectivity index (χ1v) is 14.4.